The fourth-order valence-corrected chi connectivity index (χ4v) is 4.28. The van der Waals surface area contributed by atoms with Crippen LogP contribution in [0.3, 0.4) is 0 Å². The number of benzene rings is 2. The van der Waals surface area contributed by atoms with Crippen LogP contribution in [-0.2, 0) is 20.7 Å². The van der Waals surface area contributed by atoms with E-state index < -0.39 is 23.9 Å². The van der Waals surface area contributed by atoms with Crippen molar-refractivity contribution in [2.45, 2.75) is 26.3 Å². The molecule has 0 fully saturated rings. The van der Waals surface area contributed by atoms with Gasteiger partial charge in [-0.05, 0) is 49.2 Å². The van der Waals surface area contributed by atoms with Gasteiger partial charge in [-0.1, -0.05) is 30.3 Å². The van der Waals surface area contributed by atoms with Crippen molar-refractivity contribution >= 4 is 41.1 Å². The monoisotopic (exact) mass is 487 g/mol. The molecule has 1 aliphatic rings. The average Bonchev–Trinajstić information content (AvgIpc) is 3.32. The molecule has 0 unspecified atom stereocenters. The standard InChI is InChI=1S/C27H25N3O6/c1-14-21(13-19-18-12-17(26(33)34)9-10-20(18)29-24(19)31)28-15(2)23(14)25(32)30-22(27(35)36-3)11-16-7-5-4-6-8-16/h4-10,12-13,22,28H,11H2,1-3H3,(H,29,31)(H,30,32)(H,33,34)/b19-13-/t22-/m0/s1. The van der Waals surface area contributed by atoms with E-state index in [2.05, 4.69) is 15.6 Å². The lowest BCUT2D eigenvalue weighted by molar-refractivity contribution is -0.142. The van der Waals surface area contributed by atoms with Crippen molar-refractivity contribution in [2.24, 2.45) is 0 Å². The van der Waals surface area contributed by atoms with E-state index in [1.54, 1.807) is 26.0 Å². The highest BCUT2D eigenvalue weighted by molar-refractivity contribution is 6.35. The van der Waals surface area contributed by atoms with Crippen LogP contribution in [0.2, 0.25) is 0 Å². The zero-order valence-corrected chi connectivity index (χ0v) is 20.0. The maximum atomic E-state index is 13.2. The van der Waals surface area contributed by atoms with Crippen LogP contribution in [0.5, 0.6) is 0 Å². The lowest BCUT2D eigenvalue weighted by Gasteiger charge is -2.17. The van der Waals surface area contributed by atoms with Gasteiger partial charge in [0.25, 0.3) is 11.8 Å². The molecule has 0 aliphatic carbocycles. The number of ether oxygens (including phenoxy) is 1. The Balaban J connectivity index is 1.64. The summed E-state index contributed by atoms with van der Waals surface area (Å²) in [6, 6.07) is 12.8. The van der Waals surface area contributed by atoms with E-state index in [9.17, 15) is 24.3 Å². The van der Waals surface area contributed by atoms with Gasteiger partial charge in [0.15, 0.2) is 0 Å². The summed E-state index contributed by atoms with van der Waals surface area (Å²) in [5.41, 5.74) is 4.19. The fraction of sp³-hybridized carbons (Fsp3) is 0.185. The maximum Gasteiger partial charge on any atom is 0.335 e. The molecule has 3 aromatic rings. The van der Waals surface area contributed by atoms with Crippen LogP contribution in [0.25, 0.3) is 11.6 Å². The molecular weight excluding hydrogens is 462 g/mol. The van der Waals surface area contributed by atoms with E-state index in [1.165, 1.54) is 19.2 Å². The number of hydrogen-bond acceptors (Lipinski definition) is 5. The van der Waals surface area contributed by atoms with Crippen LogP contribution in [0, 0.1) is 13.8 Å². The Labute approximate surface area is 207 Å². The molecule has 0 radical (unpaired) electrons. The summed E-state index contributed by atoms with van der Waals surface area (Å²) in [6.07, 6.45) is 1.86. The number of aromatic nitrogens is 1. The molecule has 36 heavy (non-hydrogen) atoms. The summed E-state index contributed by atoms with van der Waals surface area (Å²) in [4.78, 5) is 52.7. The van der Waals surface area contributed by atoms with Crippen molar-refractivity contribution in [3.63, 3.8) is 0 Å². The van der Waals surface area contributed by atoms with Crippen molar-refractivity contribution in [3.8, 4) is 0 Å². The number of carbonyl (C=O) groups excluding carboxylic acids is 3. The molecule has 4 rings (SSSR count). The Morgan fingerprint density at radius 2 is 1.83 bits per heavy atom. The number of hydrogen-bond donors (Lipinski definition) is 4. The van der Waals surface area contributed by atoms with Crippen molar-refractivity contribution < 1.29 is 29.0 Å². The minimum absolute atomic E-state index is 0.0582. The summed E-state index contributed by atoms with van der Waals surface area (Å²) in [5, 5.41) is 14.8. The summed E-state index contributed by atoms with van der Waals surface area (Å²) < 4.78 is 4.89. The van der Waals surface area contributed by atoms with Crippen molar-refractivity contribution in [3.05, 3.63) is 87.7 Å². The normalized spacial score (nSPS) is 14.2. The van der Waals surface area contributed by atoms with Crippen molar-refractivity contribution in [1.82, 2.24) is 10.3 Å². The Morgan fingerprint density at radius 1 is 1.11 bits per heavy atom. The molecule has 4 N–H and O–H groups in total. The molecule has 0 saturated carbocycles. The minimum atomic E-state index is -1.10. The van der Waals surface area contributed by atoms with Gasteiger partial charge in [-0.15, -0.1) is 0 Å². The number of carboxylic acids is 1. The molecule has 9 nitrogen and oxygen atoms in total. The number of aromatic amines is 1. The Bertz CT molecular complexity index is 1400. The first-order chi connectivity index (χ1) is 17.2. The van der Waals surface area contributed by atoms with E-state index >= 15 is 0 Å². The van der Waals surface area contributed by atoms with Crippen LogP contribution in [0.1, 0.15) is 48.8 Å². The van der Waals surface area contributed by atoms with Crippen LogP contribution in [-0.4, -0.2) is 47.0 Å². The van der Waals surface area contributed by atoms with Crippen molar-refractivity contribution in [2.75, 3.05) is 12.4 Å². The number of carboxylic acid groups (broad SMARTS) is 1. The molecule has 0 bridgehead atoms. The van der Waals surface area contributed by atoms with Gasteiger partial charge in [0.1, 0.15) is 6.04 Å². The lowest BCUT2D eigenvalue weighted by atomic mass is 10.0. The number of carbonyl (C=O) groups is 4. The van der Waals surface area contributed by atoms with E-state index in [1.807, 2.05) is 30.3 Å². The van der Waals surface area contributed by atoms with Gasteiger partial charge in [0, 0.05) is 29.1 Å². The quantitative estimate of drug-likeness (QED) is 0.298. The molecule has 9 heteroatoms. The van der Waals surface area contributed by atoms with E-state index in [0.717, 1.165) is 5.56 Å². The van der Waals surface area contributed by atoms with E-state index in [0.29, 0.717) is 33.8 Å². The summed E-state index contributed by atoms with van der Waals surface area (Å²) in [5.74, 6) is -2.49. The number of anilines is 1. The van der Waals surface area contributed by atoms with E-state index in [-0.39, 0.29) is 23.5 Å². The molecular formula is C27H25N3O6. The predicted octanol–water partition coefficient (Wildman–Crippen LogP) is 3.34. The summed E-state index contributed by atoms with van der Waals surface area (Å²) in [6.45, 7) is 3.45. The molecule has 1 aromatic heterocycles. The topological polar surface area (TPSA) is 138 Å². The number of methoxy groups -OCH3 is 1. The number of esters is 1. The number of aromatic carboxylic acids is 1. The first-order valence-corrected chi connectivity index (χ1v) is 11.2. The highest BCUT2D eigenvalue weighted by atomic mass is 16.5. The van der Waals surface area contributed by atoms with Crippen molar-refractivity contribution in [1.29, 1.82) is 0 Å². The van der Waals surface area contributed by atoms with Crippen LogP contribution in [0.4, 0.5) is 5.69 Å². The second-order valence-corrected chi connectivity index (χ2v) is 8.48. The van der Waals surface area contributed by atoms with Gasteiger partial charge in [-0.2, -0.15) is 0 Å². The third-order valence-corrected chi connectivity index (χ3v) is 6.12. The van der Waals surface area contributed by atoms with Gasteiger partial charge in [-0.25, -0.2) is 9.59 Å². The number of nitrogens with one attached hydrogen (secondary N) is 3. The first-order valence-electron chi connectivity index (χ1n) is 11.2. The van der Waals surface area contributed by atoms with Crippen LogP contribution >= 0.6 is 0 Å². The molecule has 2 amide bonds. The number of aryl methyl sites for hydroxylation is 1. The third-order valence-electron chi connectivity index (χ3n) is 6.12. The zero-order valence-electron chi connectivity index (χ0n) is 20.0. The smallest absolute Gasteiger partial charge is 0.335 e. The van der Waals surface area contributed by atoms with Gasteiger partial charge in [-0.3, -0.25) is 9.59 Å². The maximum absolute atomic E-state index is 13.2. The molecule has 1 atom stereocenters. The van der Waals surface area contributed by atoms with Gasteiger partial charge in [0.05, 0.1) is 23.8 Å². The number of amides is 2. The lowest BCUT2D eigenvalue weighted by Crippen LogP contribution is -2.43. The number of fused-ring (bicyclic) bond motifs is 1. The van der Waals surface area contributed by atoms with Crippen LogP contribution < -0.4 is 10.6 Å². The molecule has 2 heterocycles. The average molecular weight is 488 g/mol. The van der Waals surface area contributed by atoms with Gasteiger partial charge in [0.2, 0.25) is 0 Å². The van der Waals surface area contributed by atoms with Gasteiger partial charge < -0.3 is 25.5 Å². The molecule has 0 spiro atoms. The summed E-state index contributed by atoms with van der Waals surface area (Å²) in [7, 11) is 1.27. The zero-order chi connectivity index (χ0) is 26.0. The van der Waals surface area contributed by atoms with Gasteiger partial charge >= 0.3 is 11.9 Å². The SMILES string of the molecule is COC(=O)[C@H](Cc1ccccc1)NC(=O)c1c(C)[nH]c(/C=C2\C(=O)Nc3ccc(C(=O)O)cc32)c1C. The van der Waals surface area contributed by atoms with Crippen LogP contribution in [0.15, 0.2) is 48.5 Å². The second kappa shape index (κ2) is 9.91. The van der Waals surface area contributed by atoms with E-state index in [4.69, 9.17) is 4.74 Å². The molecule has 0 saturated heterocycles. The highest BCUT2D eigenvalue weighted by Crippen LogP contribution is 2.34. The largest absolute Gasteiger partial charge is 0.478 e. The Morgan fingerprint density at radius 3 is 2.50 bits per heavy atom. The minimum Gasteiger partial charge on any atom is -0.478 e. The second-order valence-electron chi connectivity index (χ2n) is 8.48. The number of rotatable bonds is 7. The Kier molecular flexibility index (Phi) is 6.73. The number of H-pyrrole nitrogens is 1. The predicted molar refractivity (Wildman–Crippen MR) is 134 cm³/mol. The molecule has 184 valence electrons. The Hall–Kier alpha value is -4.66. The first kappa shape index (κ1) is 24.5. The fourth-order valence-electron chi connectivity index (χ4n) is 4.28. The molecule has 1 aliphatic heterocycles. The summed E-state index contributed by atoms with van der Waals surface area (Å²) >= 11 is 0. The molecule has 2 aromatic carbocycles. The third kappa shape index (κ3) is 4.76. The highest BCUT2D eigenvalue weighted by Gasteiger charge is 2.28.